The van der Waals surface area contributed by atoms with Crippen molar-refractivity contribution in [3.05, 3.63) is 23.8 Å². The van der Waals surface area contributed by atoms with E-state index in [2.05, 4.69) is 0 Å². The van der Waals surface area contributed by atoms with Crippen molar-refractivity contribution < 1.29 is 23.0 Å². The van der Waals surface area contributed by atoms with Gasteiger partial charge in [0.1, 0.15) is 0 Å². The lowest BCUT2D eigenvalue weighted by molar-refractivity contribution is -0.141. The van der Waals surface area contributed by atoms with Gasteiger partial charge in [0.2, 0.25) is 0 Å². The Morgan fingerprint density at radius 2 is 1.89 bits per heavy atom. The van der Waals surface area contributed by atoms with E-state index in [1.165, 1.54) is 21.3 Å². The van der Waals surface area contributed by atoms with Gasteiger partial charge in [-0.3, -0.25) is 4.79 Å². The SMILES string of the molecule is COc1ccc(CN(C)C(=O)C(F)F)cc1OC. The Bertz CT molecular complexity index is 424. The molecule has 0 radical (unpaired) electrons. The first kappa shape index (κ1) is 14.2. The number of ether oxygens (including phenoxy) is 2. The number of carbonyl (C=O) groups excluding carboxylic acids is 1. The number of methoxy groups -OCH3 is 2. The fraction of sp³-hybridized carbons (Fsp3) is 0.417. The highest BCUT2D eigenvalue weighted by Crippen LogP contribution is 2.27. The molecule has 1 aromatic rings. The molecule has 0 bridgehead atoms. The number of benzene rings is 1. The molecular weight excluding hydrogens is 244 g/mol. The molecule has 0 aromatic heterocycles. The first-order valence-electron chi connectivity index (χ1n) is 5.23. The van der Waals surface area contributed by atoms with Gasteiger partial charge in [0.05, 0.1) is 14.2 Å². The molecular formula is C12H15F2NO3. The van der Waals surface area contributed by atoms with Crippen LogP contribution in [0.25, 0.3) is 0 Å². The van der Waals surface area contributed by atoms with Crippen LogP contribution >= 0.6 is 0 Å². The van der Waals surface area contributed by atoms with Crippen molar-refractivity contribution in [1.82, 2.24) is 4.90 Å². The van der Waals surface area contributed by atoms with E-state index in [-0.39, 0.29) is 6.54 Å². The minimum atomic E-state index is -2.99. The molecule has 100 valence electrons. The fourth-order valence-electron chi connectivity index (χ4n) is 1.50. The molecule has 18 heavy (non-hydrogen) atoms. The second-order valence-corrected chi connectivity index (χ2v) is 3.68. The van der Waals surface area contributed by atoms with Crippen molar-refractivity contribution in [2.75, 3.05) is 21.3 Å². The summed E-state index contributed by atoms with van der Waals surface area (Å²) < 4.78 is 34.6. The van der Waals surface area contributed by atoms with E-state index in [1.54, 1.807) is 18.2 Å². The normalized spacial score (nSPS) is 10.3. The van der Waals surface area contributed by atoms with E-state index in [4.69, 9.17) is 9.47 Å². The lowest BCUT2D eigenvalue weighted by Gasteiger charge is -2.17. The standard InChI is InChI=1S/C12H15F2NO3/c1-15(12(16)11(13)14)7-8-4-5-9(17-2)10(6-8)18-3/h4-6,11H,7H2,1-3H3. The Balaban J connectivity index is 2.82. The van der Waals surface area contributed by atoms with Gasteiger partial charge in [-0.2, -0.15) is 8.78 Å². The lowest BCUT2D eigenvalue weighted by atomic mass is 10.2. The van der Waals surface area contributed by atoms with Crippen molar-refractivity contribution >= 4 is 5.91 Å². The third-order valence-electron chi connectivity index (χ3n) is 2.43. The fourth-order valence-corrected chi connectivity index (χ4v) is 1.50. The molecule has 6 heteroatoms. The van der Waals surface area contributed by atoms with E-state index in [0.717, 1.165) is 4.90 Å². The second-order valence-electron chi connectivity index (χ2n) is 3.68. The number of hydrogen-bond acceptors (Lipinski definition) is 3. The van der Waals surface area contributed by atoms with Crippen LogP contribution in [-0.2, 0) is 11.3 Å². The molecule has 0 aliphatic heterocycles. The van der Waals surface area contributed by atoms with E-state index in [0.29, 0.717) is 17.1 Å². The van der Waals surface area contributed by atoms with Gasteiger partial charge in [-0.25, -0.2) is 0 Å². The van der Waals surface area contributed by atoms with Gasteiger partial charge in [-0.1, -0.05) is 6.07 Å². The number of carbonyl (C=O) groups is 1. The minimum Gasteiger partial charge on any atom is -0.493 e. The average molecular weight is 259 g/mol. The van der Waals surface area contributed by atoms with Gasteiger partial charge in [0.15, 0.2) is 11.5 Å². The summed E-state index contributed by atoms with van der Waals surface area (Å²) in [7, 11) is 4.31. The van der Waals surface area contributed by atoms with Gasteiger partial charge in [-0.15, -0.1) is 0 Å². The molecule has 0 saturated heterocycles. The van der Waals surface area contributed by atoms with Crippen LogP contribution in [0, 0.1) is 0 Å². The zero-order chi connectivity index (χ0) is 13.7. The topological polar surface area (TPSA) is 38.8 Å². The number of nitrogens with zero attached hydrogens (tertiary/aromatic N) is 1. The molecule has 0 atom stereocenters. The predicted octanol–water partition coefficient (Wildman–Crippen LogP) is 1.93. The van der Waals surface area contributed by atoms with Crippen molar-refractivity contribution in [3.63, 3.8) is 0 Å². The van der Waals surface area contributed by atoms with E-state index in [1.807, 2.05) is 0 Å². The predicted molar refractivity (Wildman–Crippen MR) is 62.0 cm³/mol. The van der Waals surface area contributed by atoms with E-state index in [9.17, 15) is 13.6 Å². The number of alkyl halides is 2. The maximum Gasteiger partial charge on any atom is 0.315 e. The van der Waals surface area contributed by atoms with E-state index >= 15 is 0 Å². The summed E-state index contributed by atoms with van der Waals surface area (Å²) in [6.07, 6.45) is -2.99. The summed E-state index contributed by atoms with van der Waals surface area (Å²) in [6.45, 7) is 0.0868. The number of rotatable bonds is 5. The minimum absolute atomic E-state index is 0.0868. The first-order chi connectivity index (χ1) is 8.49. The van der Waals surface area contributed by atoms with Gasteiger partial charge in [-0.05, 0) is 17.7 Å². The second kappa shape index (κ2) is 6.18. The van der Waals surface area contributed by atoms with Crippen LogP contribution in [0.3, 0.4) is 0 Å². The Hall–Kier alpha value is -1.85. The molecule has 4 nitrogen and oxygen atoms in total. The molecule has 1 amide bonds. The van der Waals surface area contributed by atoms with Gasteiger partial charge in [0.25, 0.3) is 5.91 Å². The highest BCUT2D eigenvalue weighted by atomic mass is 19.3. The van der Waals surface area contributed by atoms with Crippen LogP contribution < -0.4 is 9.47 Å². The Morgan fingerprint density at radius 3 is 2.39 bits per heavy atom. The quantitative estimate of drug-likeness (QED) is 0.811. The van der Waals surface area contributed by atoms with Crippen LogP contribution in [0.1, 0.15) is 5.56 Å². The molecule has 1 rings (SSSR count). The summed E-state index contributed by atoms with van der Waals surface area (Å²) >= 11 is 0. The zero-order valence-corrected chi connectivity index (χ0v) is 10.4. The molecule has 0 aliphatic rings. The van der Waals surface area contributed by atoms with Crippen LogP contribution in [0.5, 0.6) is 11.5 Å². The number of halogens is 2. The monoisotopic (exact) mass is 259 g/mol. The Kier molecular flexibility index (Phi) is 4.88. The lowest BCUT2D eigenvalue weighted by Crippen LogP contribution is -2.31. The maximum absolute atomic E-state index is 12.2. The molecule has 0 unspecified atom stereocenters. The number of hydrogen-bond donors (Lipinski definition) is 0. The average Bonchev–Trinajstić information content (AvgIpc) is 2.37. The van der Waals surface area contributed by atoms with Crippen LogP contribution in [0.2, 0.25) is 0 Å². The van der Waals surface area contributed by atoms with E-state index < -0.39 is 12.3 Å². The molecule has 0 N–H and O–H groups in total. The zero-order valence-electron chi connectivity index (χ0n) is 10.4. The first-order valence-corrected chi connectivity index (χ1v) is 5.23. The van der Waals surface area contributed by atoms with Crippen molar-refractivity contribution in [3.8, 4) is 11.5 Å². The molecule has 0 heterocycles. The van der Waals surface area contributed by atoms with Crippen LogP contribution in [0.15, 0.2) is 18.2 Å². The third kappa shape index (κ3) is 3.32. The van der Waals surface area contributed by atoms with Gasteiger partial charge < -0.3 is 14.4 Å². The smallest absolute Gasteiger partial charge is 0.315 e. The van der Waals surface area contributed by atoms with Crippen molar-refractivity contribution in [2.45, 2.75) is 13.0 Å². The molecule has 0 spiro atoms. The van der Waals surface area contributed by atoms with Crippen LogP contribution in [0.4, 0.5) is 8.78 Å². The molecule has 1 aromatic carbocycles. The highest BCUT2D eigenvalue weighted by Gasteiger charge is 2.20. The Morgan fingerprint density at radius 1 is 1.28 bits per heavy atom. The summed E-state index contributed by atoms with van der Waals surface area (Å²) in [5.41, 5.74) is 0.684. The summed E-state index contributed by atoms with van der Waals surface area (Å²) in [6, 6.07) is 5.00. The van der Waals surface area contributed by atoms with Crippen molar-refractivity contribution in [2.24, 2.45) is 0 Å². The Labute approximate surface area is 104 Å². The maximum atomic E-state index is 12.2. The summed E-state index contributed by atoms with van der Waals surface area (Å²) in [5.74, 6) is -0.165. The molecule has 0 aliphatic carbocycles. The molecule has 0 saturated carbocycles. The van der Waals surface area contributed by atoms with Crippen molar-refractivity contribution in [1.29, 1.82) is 0 Å². The van der Waals surface area contributed by atoms with Gasteiger partial charge in [0, 0.05) is 13.6 Å². The van der Waals surface area contributed by atoms with Gasteiger partial charge >= 0.3 is 6.43 Å². The van der Waals surface area contributed by atoms with Crippen LogP contribution in [-0.4, -0.2) is 38.5 Å². The summed E-state index contributed by atoms with van der Waals surface area (Å²) in [5, 5.41) is 0. The largest absolute Gasteiger partial charge is 0.493 e. The highest BCUT2D eigenvalue weighted by molar-refractivity contribution is 5.79. The third-order valence-corrected chi connectivity index (χ3v) is 2.43. The number of amides is 1. The molecule has 0 fully saturated rings. The summed E-state index contributed by atoms with van der Waals surface area (Å²) in [4.78, 5) is 12.0.